The van der Waals surface area contributed by atoms with Crippen LogP contribution in [0.1, 0.15) is 63.0 Å². The third-order valence-electron chi connectivity index (χ3n) is 4.98. The predicted octanol–water partition coefficient (Wildman–Crippen LogP) is 3.30. The third kappa shape index (κ3) is 4.10. The minimum absolute atomic E-state index is 0.0844. The van der Waals surface area contributed by atoms with Crippen LogP contribution in [0.15, 0.2) is 30.6 Å². The van der Waals surface area contributed by atoms with Crippen molar-refractivity contribution in [2.24, 2.45) is 0 Å². The van der Waals surface area contributed by atoms with Crippen LogP contribution in [0.5, 0.6) is 0 Å². The van der Waals surface area contributed by atoms with Crippen LogP contribution in [-0.4, -0.2) is 37.9 Å². The number of fused-ring (bicyclic) bond motifs is 1. The summed E-state index contributed by atoms with van der Waals surface area (Å²) in [6, 6.07) is 9.18. The molecule has 0 aliphatic heterocycles. The Morgan fingerprint density at radius 1 is 1.28 bits per heavy atom. The SMILES string of the molecule is CC(C)(C)n1ncnc1CN(CCCO)[C@@H]1CCCc2ccccc21. The second kappa shape index (κ2) is 7.67. The molecule has 0 amide bonds. The smallest absolute Gasteiger partial charge is 0.141 e. The summed E-state index contributed by atoms with van der Waals surface area (Å²) in [5.41, 5.74) is 2.82. The Morgan fingerprint density at radius 3 is 2.84 bits per heavy atom. The van der Waals surface area contributed by atoms with E-state index in [0.717, 1.165) is 31.8 Å². The van der Waals surface area contributed by atoms with Gasteiger partial charge >= 0.3 is 0 Å². The Balaban J connectivity index is 1.88. The summed E-state index contributed by atoms with van der Waals surface area (Å²) in [4.78, 5) is 7.00. The van der Waals surface area contributed by atoms with Crippen molar-refractivity contribution in [2.45, 2.75) is 64.6 Å². The van der Waals surface area contributed by atoms with Crippen LogP contribution in [0, 0.1) is 0 Å². The largest absolute Gasteiger partial charge is 0.396 e. The second-order valence-corrected chi connectivity index (χ2v) is 7.91. The molecule has 1 aromatic heterocycles. The molecule has 1 N–H and O–H groups in total. The van der Waals surface area contributed by atoms with Crippen LogP contribution < -0.4 is 0 Å². The van der Waals surface area contributed by atoms with E-state index in [2.05, 4.69) is 60.0 Å². The van der Waals surface area contributed by atoms with E-state index in [1.807, 2.05) is 4.68 Å². The predicted molar refractivity (Wildman–Crippen MR) is 99.3 cm³/mol. The molecule has 1 aliphatic rings. The quantitative estimate of drug-likeness (QED) is 0.875. The first-order valence-corrected chi connectivity index (χ1v) is 9.33. The molecule has 0 unspecified atom stereocenters. The second-order valence-electron chi connectivity index (χ2n) is 7.91. The Bertz CT molecular complexity index is 689. The maximum atomic E-state index is 9.36. The van der Waals surface area contributed by atoms with Crippen molar-refractivity contribution in [1.29, 1.82) is 0 Å². The number of hydrogen-bond acceptors (Lipinski definition) is 4. The zero-order chi connectivity index (χ0) is 17.9. The van der Waals surface area contributed by atoms with Gasteiger partial charge in [-0.15, -0.1) is 0 Å². The summed E-state index contributed by atoms with van der Waals surface area (Å²) in [5.74, 6) is 0.994. The Labute approximate surface area is 150 Å². The number of hydrogen-bond donors (Lipinski definition) is 1. The topological polar surface area (TPSA) is 54.2 Å². The van der Waals surface area contributed by atoms with Gasteiger partial charge in [-0.1, -0.05) is 24.3 Å². The average Bonchev–Trinajstić information content (AvgIpc) is 3.07. The lowest BCUT2D eigenvalue weighted by molar-refractivity contribution is 0.143. The van der Waals surface area contributed by atoms with Gasteiger partial charge in [0.1, 0.15) is 12.2 Å². The van der Waals surface area contributed by atoms with Gasteiger partial charge in [0.15, 0.2) is 0 Å². The molecule has 0 fully saturated rings. The molecule has 1 heterocycles. The Kier molecular flexibility index (Phi) is 5.54. The maximum Gasteiger partial charge on any atom is 0.141 e. The van der Waals surface area contributed by atoms with Gasteiger partial charge in [0.2, 0.25) is 0 Å². The third-order valence-corrected chi connectivity index (χ3v) is 4.98. The molecule has 0 saturated heterocycles. The molecule has 0 bridgehead atoms. The lowest BCUT2D eigenvalue weighted by atomic mass is 9.86. The highest BCUT2D eigenvalue weighted by atomic mass is 16.3. The first kappa shape index (κ1) is 18.1. The van der Waals surface area contributed by atoms with Gasteiger partial charge in [-0.3, -0.25) is 4.90 Å². The molecule has 0 saturated carbocycles. The highest BCUT2D eigenvalue weighted by Crippen LogP contribution is 2.35. The van der Waals surface area contributed by atoms with Crippen molar-refractivity contribution >= 4 is 0 Å². The molecule has 5 heteroatoms. The molecular formula is C20H30N4O. The summed E-state index contributed by atoms with van der Waals surface area (Å²) in [6.45, 7) is 8.30. The van der Waals surface area contributed by atoms with Gasteiger partial charge in [-0.25, -0.2) is 9.67 Å². The van der Waals surface area contributed by atoms with Crippen LogP contribution in [0.25, 0.3) is 0 Å². The molecule has 25 heavy (non-hydrogen) atoms. The number of aromatic nitrogens is 3. The molecule has 1 aromatic carbocycles. The molecular weight excluding hydrogens is 312 g/mol. The van der Waals surface area contributed by atoms with Crippen molar-refractivity contribution in [3.8, 4) is 0 Å². The van der Waals surface area contributed by atoms with Gasteiger partial charge in [-0.05, 0) is 57.6 Å². The fourth-order valence-electron chi connectivity index (χ4n) is 3.84. The lowest BCUT2D eigenvalue weighted by Crippen LogP contribution is -2.35. The Morgan fingerprint density at radius 2 is 2.08 bits per heavy atom. The fraction of sp³-hybridized carbons (Fsp3) is 0.600. The van der Waals surface area contributed by atoms with E-state index in [1.165, 1.54) is 24.0 Å². The first-order chi connectivity index (χ1) is 12.0. The summed E-state index contributed by atoms with van der Waals surface area (Å²) in [5, 5.41) is 13.8. The van der Waals surface area contributed by atoms with E-state index in [1.54, 1.807) is 6.33 Å². The molecule has 1 aliphatic carbocycles. The number of rotatable bonds is 6. The standard InChI is InChI=1S/C20H30N4O/c1-20(2,3)24-19(21-15-22-24)14-23(12-7-13-25)18-11-6-9-16-8-4-5-10-17(16)18/h4-5,8,10,15,18,25H,6-7,9,11-14H2,1-3H3/t18-/m1/s1. The Hall–Kier alpha value is -1.72. The number of nitrogens with zero attached hydrogens (tertiary/aromatic N) is 4. The maximum absolute atomic E-state index is 9.36. The molecule has 136 valence electrons. The van der Waals surface area contributed by atoms with Gasteiger partial charge in [0.05, 0.1) is 12.1 Å². The van der Waals surface area contributed by atoms with Crippen LogP contribution >= 0.6 is 0 Å². The first-order valence-electron chi connectivity index (χ1n) is 9.33. The number of aryl methyl sites for hydroxylation is 1. The summed E-state index contributed by atoms with van der Waals surface area (Å²) in [7, 11) is 0. The van der Waals surface area contributed by atoms with Crippen molar-refractivity contribution in [1.82, 2.24) is 19.7 Å². The van der Waals surface area contributed by atoms with Crippen LogP contribution in [0.2, 0.25) is 0 Å². The summed E-state index contributed by atoms with van der Waals surface area (Å²) in [6.07, 6.45) is 5.97. The highest BCUT2D eigenvalue weighted by Gasteiger charge is 2.28. The van der Waals surface area contributed by atoms with E-state index < -0.39 is 0 Å². The van der Waals surface area contributed by atoms with E-state index in [0.29, 0.717) is 6.04 Å². The van der Waals surface area contributed by atoms with Gasteiger partial charge in [0.25, 0.3) is 0 Å². The minimum atomic E-state index is -0.0844. The van der Waals surface area contributed by atoms with Gasteiger partial charge in [-0.2, -0.15) is 5.10 Å². The molecule has 2 aromatic rings. The van der Waals surface area contributed by atoms with Gasteiger partial charge < -0.3 is 5.11 Å². The van der Waals surface area contributed by atoms with E-state index >= 15 is 0 Å². The van der Waals surface area contributed by atoms with E-state index in [-0.39, 0.29) is 12.1 Å². The van der Waals surface area contributed by atoms with Crippen molar-refractivity contribution in [3.05, 3.63) is 47.5 Å². The number of aliphatic hydroxyl groups excluding tert-OH is 1. The van der Waals surface area contributed by atoms with Crippen LogP contribution in [0.3, 0.4) is 0 Å². The lowest BCUT2D eigenvalue weighted by Gasteiger charge is -2.36. The summed E-state index contributed by atoms with van der Waals surface area (Å²) < 4.78 is 2.02. The molecule has 0 radical (unpaired) electrons. The van der Waals surface area contributed by atoms with E-state index in [9.17, 15) is 5.11 Å². The van der Waals surface area contributed by atoms with Crippen molar-refractivity contribution < 1.29 is 5.11 Å². The summed E-state index contributed by atoms with van der Waals surface area (Å²) >= 11 is 0. The van der Waals surface area contributed by atoms with E-state index in [4.69, 9.17) is 0 Å². The molecule has 0 spiro atoms. The fourth-order valence-corrected chi connectivity index (χ4v) is 3.84. The molecule has 3 rings (SSSR count). The normalized spacial score (nSPS) is 17.7. The van der Waals surface area contributed by atoms with Crippen molar-refractivity contribution in [3.63, 3.8) is 0 Å². The average molecular weight is 342 g/mol. The van der Waals surface area contributed by atoms with Crippen LogP contribution in [0.4, 0.5) is 0 Å². The molecule has 1 atom stereocenters. The number of benzene rings is 1. The monoisotopic (exact) mass is 342 g/mol. The van der Waals surface area contributed by atoms with Crippen molar-refractivity contribution in [2.75, 3.05) is 13.2 Å². The number of aliphatic hydroxyl groups is 1. The zero-order valence-electron chi connectivity index (χ0n) is 15.6. The van der Waals surface area contributed by atoms with Gasteiger partial charge in [0, 0.05) is 19.2 Å². The van der Waals surface area contributed by atoms with Crippen LogP contribution in [-0.2, 0) is 18.5 Å². The minimum Gasteiger partial charge on any atom is -0.396 e. The zero-order valence-corrected chi connectivity index (χ0v) is 15.6. The molecule has 5 nitrogen and oxygen atoms in total. The highest BCUT2D eigenvalue weighted by molar-refractivity contribution is 5.32.